The van der Waals surface area contributed by atoms with Crippen LogP contribution in [0.1, 0.15) is 11.1 Å². The number of hydrogen-bond acceptors (Lipinski definition) is 4. The molecule has 0 atom stereocenters. The summed E-state index contributed by atoms with van der Waals surface area (Å²) >= 11 is 16.2. The molecule has 0 radical (unpaired) electrons. The molecule has 8 heteroatoms. The van der Waals surface area contributed by atoms with Gasteiger partial charge in [0, 0.05) is 10.0 Å². The number of imide groups is 1. The van der Waals surface area contributed by atoms with Gasteiger partial charge in [0.05, 0.1) is 21.5 Å². The van der Waals surface area contributed by atoms with Crippen molar-refractivity contribution < 1.29 is 14.3 Å². The van der Waals surface area contributed by atoms with Gasteiger partial charge in [0.2, 0.25) is 0 Å². The Morgan fingerprint density at radius 2 is 1.93 bits per heavy atom. The van der Waals surface area contributed by atoms with Crippen LogP contribution in [0.2, 0.25) is 10.0 Å². The summed E-state index contributed by atoms with van der Waals surface area (Å²) in [5, 5.41) is 0.451. The molecule has 2 aromatic carbocycles. The van der Waals surface area contributed by atoms with E-state index >= 15 is 0 Å². The van der Waals surface area contributed by atoms with Crippen molar-refractivity contribution in [2.75, 3.05) is 6.61 Å². The summed E-state index contributed by atoms with van der Waals surface area (Å²) in [4.78, 5) is 26.7. The van der Waals surface area contributed by atoms with Crippen LogP contribution < -0.4 is 4.74 Å². The van der Waals surface area contributed by atoms with Gasteiger partial charge in [-0.1, -0.05) is 57.9 Å². The standard InChI is InChI=1S/C20H14BrCl2NO3S/c1-2-7-27-17-6-4-14(21)9-13(17)10-18-19(25)24(20(26)28-18)11-12-3-5-15(22)16(23)8-12/h2-6,8-10H,1,7,11H2/b18-10-. The highest BCUT2D eigenvalue weighted by atomic mass is 79.9. The van der Waals surface area contributed by atoms with Crippen LogP contribution in [-0.4, -0.2) is 22.7 Å². The van der Waals surface area contributed by atoms with E-state index in [0.29, 0.717) is 32.9 Å². The molecule has 1 aliphatic heterocycles. The van der Waals surface area contributed by atoms with E-state index < -0.39 is 0 Å². The fourth-order valence-electron chi connectivity index (χ4n) is 2.51. The second kappa shape index (κ2) is 9.18. The van der Waals surface area contributed by atoms with Gasteiger partial charge in [0.1, 0.15) is 12.4 Å². The van der Waals surface area contributed by atoms with Crippen LogP contribution in [0.4, 0.5) is 4.79 Å². The van der Waals surface area contributed by atoms with Gasteiger partial charge in [-0.2, -0.15) is 0 Å². The zero-order valence-corrected chi connectivity index (χ0v) is 18.4. The number of hydrogen-bond donors (Lipinski definition) is 0. The van der Waals surface area contributed by atoms with Crippen LogP contribution in [0.25, 0.3) is 6.08 Å². The maximum absolute atomic E-state index is 12.8. The summed E-state index contributed by atoms with van der Waals surface area (Å²) in [6.07, 6.45) is 3.29. The first-order chi connectivity index (χ1) is 13.4. The normalized spacial score (nSPS) is 15.4. The zero-order valence-electron chi connectivity index (χ0n) is 14.5. The lowest BCUT2D eigenvalue weighted by Gasteiger charge is -2.13. The molecule has 144 valence electrons. The molecule has 0 unspecified atom stereocenters. The van der Waals surface area contributed by atoms with Crippen molar-refractivity contribution in [1.29, 1.82) is 0 Å². The number of benzene rings is 2. The summed E-state index contributed by atoms with van der Waals surface area (Å²) in [6, 6.07) is 10.5. The zero-order chi connectivity index (χ0) is 20.3. The van der Waals surface area contributed by atoms with Crippen LogP contribution in [0, 0.1) is 0 Å². The Morgan fingerprint density at radius 1 is 1.14 bits per heavy atom. The Kier molecular flexibility index (Phi) is 6.88. The molecule has 0 aromatic heterocycles. The average molecular weight is 499 g/mol. The SMILES string of the molecule is C=CCOc1ccc(Br)cc1/C=C1\SC(=O)N(Cc2ccc(Cl)c(Cl)c2)C1=O. The summed E-state index contributed by atoms with van der Waals surface area (Å²) in [7, 11) is 0. The van der Waals surface area contributed by atoms with Gasteiger partial charge in [-0.05, 0) is 53.7 Å². The highest BCUT2D eigenvalue weighted by molar-refractivity contribution is 9.10. The Labute approximate surface area is 185 Å². The van der Waals surface area contributed by atoms with Crippen LogP contribution in [0.5, 0.6) is 5.75 Å². The van der Waals surface area contributed by atoms with E-state index in [1.807, 2.05) is 12.1 Å². The number of amides is 2. The lowest BCUT2D eigenvalue weighted by Crippen LogP contribution is -2.27. The minimum Gasteiger partial charge on any atom is -0.489 e. The van der Waals surface area contributed by atoms with Gasteiger partial charge < -0.3 is 4.74 Å². The van der Waals surface area contributed by atoms with Crippen molar-refractivity contribution in [3.63, 3.8) is 0 Å². The molecule has 0 spiro atoms. The highest BCUT2D eigenvalue weighted by Crippen LogP contribution is 2.36. The van der Waals surface area contributed by atoms with Crippen molar-refractivity contribution in [3.05, 3.63) is 79.6 Å². The van der Waals surface area contributed by atoms with Crippen molar-refractivity contribution >= 4 is 68.1 Å². The predicted octanol–water partition coefficient (Wildman–Crippen LogP) is 6.56. The van der Waals surface area contributed by atoms with Gasteiger partial charge in [-0.25, -0.2) is 0 Å². The van der Waals surface area contributed by atoms with Crippen LogP contribution in [0.15, 0.2) is 58.4 Å². The van der Waals surface area contributed by atoms with Crippen LogP contribution in [-0.2, 0) is 11.3 Å². The number of thioether (sulfide) groups is 1. The average Bonchev–Trinajstić information content (AvgIpc) is 2.91. The smallest absolute Gasteiger partial charge is 0.293 e. The third kappa shape index (κ3) is 4.81. The Hall–Kier alpha value is -1.73. The molecule has 2 amide bonds. The van der Waals surface area contributed by atoms with Gasteiger partial charge in [0.15, 0.2) is 0 Å². The summed E-state index contributed by atoms with van der Waals surface area (Å²) < 4.78 is 6.46. The topological polar surface area (TPSA) is 46.6 Å². The molecule has 2 aromatic rings. The van der Waals surface area contributed by atoms with E-state index in [-0.39, 0.29) is 17.7 Å². The second-order valence-electron chi connectivity index (χ2n) is 5.80. The molecule has 0 bridgehead atoms. The van der Waals surface area contributed by atoms with Crippen molar-refractivity contribution in [2.45, 2.75) is 6.54 Å². The molecule has 28 heavy (non-hydrogen) atoms. The summed E-state index contributed by atoms with van der Waals surface area (Å²) in [5.41, 5.74) is 1.41. The lowest BCUT2D eigenvalue weighted by molar-refractivity contribution is -0.123. The van der Waals surface area contributed by atoms with E-state index in [1.165, 1.54) is 4.90 Å². The van der Waals surface area contributed by atoms with Gasteiger partial charge in [0.25, 0.3) is 11.1 Å². The molecular formula is C20H14BrCl2NO3S. The Morgan fingerprint density at radius 3 is 2.64 bits per heavy atom. The van der Waals surface area contributed by atoms with Gasteiger partial charge >= 0.3 is 0 Å². The number of carbonyl (C=O) groups is 2. The number of halogens is 3. The van der Waals surface area contributed by atoms with Crippen molar-refractivity contribution in [1.82, 2.24) is 4.90 Å². The maximum Gasteiger partial charge on any atom is 0.293 e. The molecule has 1 aliphatic rings. The molecule has 1 saturated heterocycles. The first-order valence-corrected chi connectivity index (χ1v) is 10.5. The summed E-state index contributed by atoms with van der Waals surface area (Å²) in [6.45, 7) is 4.09. The molecule has 1 fully saturated rings. The minimum atomic E-state index is -0.365. The second-order valence-corrected chi connectivity index (χ2v) is 8.52. The molecule has 4 nitrogen and oxygen atoms in total. The maximum atomic E-state index is 12.8. The monoisotopic (exact) mass is 497 g/mol. The largest absolute Gasteiger partial charge is 0.489 e. The third-order valence-corrected chi connectivity index (χ3v) is 5.95. The molecule has 3 rings (SSSR count). The predicted molar refractivity (Wildman–Crippen MR) is 118 cm³/mol. The van der Waals surface area contributed by atoms with E-state index in [9.17, 15) is 9.59 Å². The number of ether oxygens (including phenoxy) is 1. The lowest BCUT2D eigenvalue weighted by atomic mass is 10.1. The minimum absolute atomic E-state index is 0.122. The first-order valence-electron chi connectivity index (χ1n) is 8.11. The van der Waals surface area contributed by atoms with Crippen molar-refractivity contribution in [2.24, 2.45) is 0 Å². The molecule has 1 heterocycles. The van der Waals surface area contributed by atoms with Crippen LogP contribution >= 0.6 is 50.9 Å². The molecule has 0 N–H and O–H groups in total. The van der Waals surface area contributed by atoms with Crippen LogP contribution in [0.3, 0.4) is 0 Å². The van der Waals surface area contributed by atoms with E-state index in [2.05, 4.69) is 22.5 Å². The first kappa shape index (κ1) is 21.0. The Balaban J connectivity index is 1.86. The summed E-state index contributed by atoms with van der Waals surface area (Å²) in [5.74, 6) is 0.232. The fourth-order valence-corrected chi connectivity index (χ4v) is 4.04. The van der Waals surface area contributed by atoms with Crippen molar-refractivity contribution in [3.8, 4) is 5.75 Å². The number of nitrogens with zero attached hydrogens (tertiary/aromatic N) is 1. The Bertz CT molecular complexity index is 993. The molecule has 0 aliphatic carbocycles. The number of rotatable bonds is 6. The third-order valence-electron chi connectivity index (χ3n) is 3.81. The molecule has 0 saturated carbocycles. The van der Waals surface area contributed by atoms with E-state index in [4.69, 9.17) is 27.9 Å². The highest BCUT2D eigenvalue weighted by Gasteiger charge is 2.35. The van der Waals surface area contributed by atoms with E-state index in [0.717, 1.165) is 21.8 Å². The number of carbonyl (C=O) groups excluding carboxylic acids is 2. The van der Waals surface area contributed by atoms with E-state index in [1.54, 1.807) is 36.4 Å². The molecular weight excluding hydrogens is 485 g/mol. The fraction of sp³-hybridized carbons (Fsp3) is 0.100. The quantitative estimate of drug-likeness (QED) is 0.334. The van der Waals surface area contributed by atoms with Gasteiger partial charge in [-0.3, -0.25) is 14.5 Å². The van der Waals surface area contributed by atoms with Gasteiger partial charge in [-0.15, -0.1) is 0 Å².